The smallest absolute Gasteiger partial charge is 0.232 e. The summed E-state index contributed by atoms with van der Waals surface area (Å²) in [7, 11) is -3.21. The Balaban J connectivity index is 2.20. The Kier molecular flexibility index (Phi) is 3.68. The van der Waals surface area contributed by atoms with E-state index in [9.17, 15) is 8.42 Å². The molecule has 0 atom stereocenters. The molecule has 0 amide bonds. The lowest BCUT2D eigenvalue weighted by Crippen LogP contribution is -2.14. The van der Waals surface area contributed by atoms with Crippen molar-refractivity contribution < 1.29 is 8.42 Å². The number of thiazole rings is 1. The highest BCUT2D eigenvalue weighted by Gasteiger charge is 2.07. The van der Waals surface area contributed by atoms with Gasteiger partial charge in [0.2, 0.25) is 10.0 Å². The number of hydrogen-bond acceptors (Lipinski definition) is 4. The molecule has 0 aliphatic rings. The summed E-state index contributed by atoms with van der Waals surface area (Å²) in [6.45, 7) is 3.56. The third-order valence-electron chi connectivity index (χ3n) is 2.45. The number of aromatic nitrogens is 1. The molecule has 0 radical (unpaired) electrons. The van der Waals surface area contributed by atoms with E-state index < -0.39 is 10.0 Å². The fraction of sp³-hybridized carbons (Fsp3) is 0.250. The number of aryl methyl sites for hydroxylation is 1. The third-order valence-corrected chi connectivity index (χ3v) is 4.53. The van der Waals surface area contributed by atoms with Crippen molar-refractivity contribution in [3.8, 4) is 11.3 Å². The largest absolute Gasteiger partial charge is 0.284 e. The highest BCUT2D eigenvalue weighted by atomic mass is 32.2. The quantitative estimate of drug-likeness (QED) is 0.938. The van der Waals surface area contributed by atoms with Gasteiger partial charge in [0, 0.05) is 16.6 Å². The summed E-state index contributed by atoms with van der Waals surface area (Å²) in [5.74, 6) is 0.0695. The van der Waals surface area contributed by atoms with E-state index in [2.05, 4.69) is 9.71 Å². The van der Waals surface area contributed by atoms with Gasteiger partial charge in [-0.3, -0.25) is 4.72 Å². The Morgan fingerprint density at radius 3 is 2.44 bits per heavy atom. The second-order valence-electron chi connectivity index (χ2n) is 3.83. The summed E-state index contributed by atoms with van der Waals surface area (Å²) in [6, 6.07) is 7.22. The lowest BCUT2D eigenvalue weighted by atomic mass is 10.1. The van der Waals surface area contributed by atoms with Crippen molar-refractivity contribution >= 4 is 27.0 Å². The molecule has 6 heteroatoms. The molecule has 0 fully saturated rings. The molecule has 0 saturated heterocycles. The first-order valence-corrected chi connectivity index (χ1v) is 8.06. The lowest BCUT2D eigenvalue weighted by molar-refractivity contribution is 0.602. The van der Waals surface area contributed by atoms with Crippen LogP contribution >= 0.6 is 11.3 Å². The molecule has 1 aromatic heterocycles. The molecule has 1 N–H and O–H groups in total. The molecule has 96 valence electrons. The van der Waals surface area contributed by atoms with Crippen LogP contribution < -0.4 is 4.72 Å². The Labute approximate surface area is 111 Å². The van der Waals surface area contributed by atoms with Gasteiger partial charge in [-0.15, -0.1) is 11.3 Å². The predicted molar refractivity (Wildman–Crippen MR) is 75.4 cm³/mol. The van der Waals surface area contributed by atoms with Crippen LogP contribution in [-0.2, 0) is 10.0 Å². The molecular weight excluding hydrogens is 268 g/mol. The van der Waals surface area contributed by atoms with Gasteiger partial charge in [0.25, 0.3) is 0 Å². The van der Waals surface area contributed by atoms with Gasteiger partial charge < -0.3 is 0 Å². The van der Waals surface area contributed by atoms with Crippen molar-refractivity contribution in [2.24, 2.45) is 0 Å². The molecule has 0 spiro atoms. The van der Waals surface area contributed by atoms with Crippen molar-refractivity contribution in [1.82, 2.24) is 4.98 Å². The van der Waals surface area contributed by atoms with E-state index in [4.69, 9.17) is 0 Å². The van der Waals surface area contributed by atoms with Crippen LogP contribution in [-0.4, -0.2) is 19.2 Å². The van der Waals surface area contributed by atoms with Gasteiger partial charge >= 0.3 is 0 Å². The maximum atomic E-state index is 11.4. The zero-order valence-corrected chi connectivity index (χ0v) is 11.8. The zero-order chi connectivity index (χ0) is 13.2. The molecule has 1 aromatic carbocycles. The molecule has 0 unspecified atom stereocenters. The Bertz CT molecular complexity index is 630. The Morgan fingerprint density at radius 1 is 1.28 bits per heavy atom. The van der Waals surface area contributed by atoms with Gasteiger partial charge in [-0.1, -0.05) is 12.1 Å². The highest BCUT2D eigenvalue weighted by molar-refractivity contribution is 7.92. The van der Waals surface area contributed by atoms with Crippen LogP contribution in [0, 0.1) is 6.92 Å². The van der Waals surface area contributed by atoms with Gasteiger partial charge in [0.15, 0.2) is 0 Å². The van der Waals surface area contributed by atoms with E-state index in [0.717, 1.165) is 16.3 Å². The van der Waals surface area contributed by atoms with Crippen LogP contribution in [0.2, 0.25) is 0 Å². The van der Waals surface area contributed by atoms with Crippen molar-refractivity contribution in [1.29, 1.82) is 0 Å². The minimum Gasteiger partial charge on any atom is -0.284 e. The SMILES string of the molecule is CCS(=O)(=O)Nc1ccc(-c2csc(C)n2)cc1. The molecule has 0 aliphatic heterocycles. The van der Waals surface area contributed by atoms with E-state index in [1.807, 2.05) is 24.4 Å². The summed E-state index contributed by atoms with van der Waals surface area (Å²) >= 11 is 1.59. The van der Waals surface area contributed by atoms with Gasteiger partial charge in [0.05, 0.1) is 16.5 Å². The molecule has 0 aliphatic carbocycles. The minimum atomic E-state index is -3.21. The van der Waals surface area contributed by atoms with Gasteiger partial charge in [0.1, 0.15) is 0 Å². The average Bonchev–Trinajstić information content (AvgIpc) is 2.76. The van der Waals surface area contributed by atoms with Crippen molar-refractivity contribution in [3.05, 3.63) is 34.7 Å². The summed E-state index contributed by atoms with van der Waals surface area (Å²) < 4.78 is 25.3. The highest BCUT2D eigenvalue weighted by Crippen LogP contribution is 2.23. The van der Waals surface area contributed by atoms with Crippen LogP contribution in [0.5, 0.6) is 0 Å². The number of anilines is 1. The number of rotatable bonds is 4. The van der Waals surface area contributed by atoms with Crippen molar-refractivity contribution in [2.45, 2.75) is 13.8 Å². The van der Waals surface area contributed by atoms with Crippen LogP contribution in [0.3, 0.4) is 0 Å². The first kappa shape index (κ1) is 13.0. The van der Waals surface area contributed by atoms with Gasteiger partial charge in [-0.2, -0.15) is 0 Å². The standard InChI is InChI=1S/C12H14N2O2S2/c1-3-18(15,16)14-11-6-4-10(5-7-11)12-8-17-9(2)13-12/h4-8,14H,3H2,1-2H3. The van der Waals surface area contributed by atoms with E-state index in [-0.39, 0.29) is 5.75 Å². The predicted octanol–water partition coefficient (Wildman–Crippen LogP) is 2.88. The fourth-order valence-electron chi connectivity index (χ4n) is 1.46. The summed E-state index contributed by atoms with van der Waals surface area (Å²) in [6.07, 6.45) is 0. The van der Waals surface area contributed by atoms with E-state index in [1.165, 1.54) is 0 Å². The molecule has 2 aromatic rings. The maximum absolute atomic E-state index is 11.4. The summed E-state index contributed by atoms with van der Waals surface area (Å²) in [4.78, 5) is 4.38. The first-order chi connectivity index (χ1) is 8.50. The molecular formula is C12H14N2O2S2. The van der Waals surface area contributed by atoms with Crippen LogP contribution in [0.25, 0.3) is 11.3 Å². The zero-order valence-electron chi connectivity index (χ0n) is 10.2. The topological polar surface area (TPSA) is 59.1 Å². The number of benzene rings is 1. The Hall–Kier alpha value is -1.40. The Morgan fingerprint density at radius 2 is 1.94 bits per heavy atom. The van der Waals surface area contributed by atoms with E-state index >= 15 is 0 Å². The van der Waals surface area contributed by atoms with E-state index in [1.54, 1.807) is 30.4 Å². The number of hydrogen-bond donors (Lipinski definition) is 1. The van der Waals surface area contributed by atoms with Crippen LogP contribution in [0.4, 0.5) is 5.69 Å². The monoisotopic (exact) mass is 282 g/mol. The maximum Gasteiger partial charge on any atom is 0.232 e. The first-order valence-electron chi connectivity index (χ1n) is 5.53. The van der Waals surface area contributed by atoms with Crippen molar-refractivity contribution in [3.63, 3.8) is 0 Å². The van der Waals surface area contributed by atoms with Crippen LogP contribution in [0.1, 0.15) is 11.9 Å². The normalized spacial score (nSPS) is 11.4. The summed E-state index contributed by atoms with van der Waals surface area (Å²) in [5, 5.41) is 3.00. The molecule has 1 heterocycles. The number of nitrogens with zero attached hydrogens (tertiary/aromatic N) is 1. The van der Waals surface area contributed by atoms with Crippen LogP contribution in [0.15, 0.2) is 29.6 Å². The molecule has 4 nitrogen and oxygen atoms in total. The molecule has 2 rings (SSSR count). The average molecular weight is 282 g/mol. The molecule has 18 heavy (non-hydrogen) atoms. The lowest BCUT2D eigenvalue weighted by Gasteiger charge is -2.06. The van der Waals surface area contributed by atoms with E-state index in [0.29, 0.717) is 5.69 Å². The summed E-state index contributed by atoms with van der Waals surface area (Å²) in [5.41, 5.74) is 2.48. The minimum absolute atomic E-state index is 0.0695. The second-order valence-corrected chi connectivity index (χ2v) is 6.91. The van der Waals surface area contributed by atoms with Gasteiger partial charge in [-0.25, -0.2) is 13.4 Å². The molecule has 0 saturated carbocycles. The number of nitrogens with one attached hydrogen (secondary N) is 1. The number of sulfonamides is 1. The third kappa shape index (κ3) is 3.08. The second kappa shape index (κ2) is 5.07. The van der Waals surface area contributed by atoms with Gasteiger partial charge in [-0.05, 0) is 26.0 Å². The molecule has 0 bridgehead atoms. The fourth-order valence-corrected chi connectivity index (χ4v) is 2.72. The van der Waals surface area contributed by atoms with Crippen molar-refractivity contribution in [2.75, 3.05) is 10.5 Å².